The average Bonchev–Trinajstić information content (AvgIpc) is 2.59. The molecule has 3 heteroatoms. The molecule has 0 saturated heterocycles. The Morgan fingerprint density at radius 1 is 1.35 bits per heavy atom. The lowest BCUT2D eigenvalue weighted by molar-refractivity contribution is 0.465. The lowest BCUT2D eigenvalue weighted by Gasteiger charge is -2.13. The van der Waals surface area contributed by atoms with Crippen LogP contribution in [0.15, 0.2) is 6.07 Å². The van der Waals surface area contributed by atoms with Crippen molar-refractivity contribution < 1.29 is 0 Å². The van der Waals surface area contributed by atoms with Gasteiger partial charge in [-0.25, -0.2) is 0 Å². The maximum atomic E-state index is 4.49. The third kappa shape index (κ3) is 4.90. The van der Waals surface area contributed by atoms with Crippen LogP contribution >= 0.6 is 0 Å². The standard InChI is InChI=1S/C14H27N3/c1-6-13-10-14(17(5)16-13)9-12(4)7-8-15-11(2)3/h10-12,15H,6-9H2,1-5H3. The molecule has 1 atom stereocenters. The van der Waals surface area contributed by atoms with E-state index in [2.05, 4.69) is 44.2 Å². The predicted octanol–water partition coefficient (Wildman–Crippen LogP) is 2.55. The highest BCUT2D eigenvalue weighted by Gasteiger charge is 2.09. The first-order valence-corrected chi connectivity index (χ1v) is 6.78. The van der Waals surface area contributed by atoms with Crippen LogP contribution in [0.5, 0.6) is 0 Å². The van der Waals surface area contributed by atoms with Crippen LogP contribution in [0.3, 0.4) is 0 Å². The van der Waals surface area contributed by atoms with Crippen molar-refractivity contribution in [3.05, 3.63) is 17.5 Å². The highest BCUT2D eigenvalue weighted by atomic mass is 15.3. The Hall–Kier alpha value is -0.830. The summed E-state index contributed by atoms with van der Waals surface area (Å²) in [6.07, 6.45) is 3.38. The summed E-state index contributed by atoms with van der Waals surface area (Å²) in [4.78, 5) is 0. The van der Waals surface area contributed by atoms with Gasteiger partial charge in [-0.05, 0) is 37.8 Å². The Bertz CT molecular complexity index is 328. The van der Waals surface area contributed by atoms with Gasteiger partial charge in [0.25, 0.3) is 0 Å². The first-order chi connectivity index (χ1) is 8.02. The summed E-state index contributed by atoms with van der Waals surface area (Å²) >= 11 is 0. The third-order valence-electron chi connectivity index (χ3n) is 3.14. The number of nitrogens with one attached hydrogen (secondary N) is 1. The van der Waals surface area contributed by atoms with Crippen molar-refractivity contribution in [1.29, 1.82) is 0 Å². The molecule has 0 radical (unpaired) electrons. The summed E-state index contributed by atoms with van der Waals surface area (Å²) in [5, 5.41) is 7.96. The zero-order valence-corrected chi connectivity index (χ0v) is 12.0. The summed E-state index contributed by atoms with van der Waals surface area (Å²) in [5.41, 5.74) is 2.56. The molecule has 0 aromatic carbocycles. The molecule has 1 unspecified atom stereocenters. The molecule has 0 aliphatic carbocycles. The van der Waals surface area contributed by atoms with Crippen LogP contribution in [0, 0.1) is 5.92 Å². The first kappa shape index (κ1) is 14.2. The van der Waals surface area contributed by atoms with E-state index in [0.29, 0.717) is 12.0 Å². The number of aryl methyl sites for hydroxylation is 2. The van der Waals surface area contributed by atoms with Crippen molar-refractivity contribution in [2.24, 2.45) is 13.0 Å². The minimum absolute atomic E-state index is 0.589. The monoisotopic (exact) mass is 237 g/mol. The van der Waals surface area contributed by atoms with Gasteiger partial charge in [0.15, 0.2) is 0 Å². The van der Waals surface area contributed by atoms with Gasteiger partial charge in [0.1, 0.15) is 0 Å². The Morgan fingerprint density at radius 3 is 2.59 bits per heavy atom. The molecule has 3 nitrogen and oxygen atoms in total. The van der Waals surface area contributed by atoms with E-state index < -0.39 is 0 Å². The van der Waals surface area contributed by atoms with Crippen LogP contribution in [0.4, 0.5) is 0 Å². The molecule has 1 heterocycles. The molecule has 0 aliphatic rings. The zero-order valence-electron chi connectivity index (χ0n) is 12.0. The fraction of sp³-hybridized carbons (Fsp3) is 0.786. The van der Waals surface area contributed by atoms with E-state index in [-0.39, 0.29) is 0 Å². The molecule has 1 rings (SSSR count). The Morgan fingerprint density at radius 2 is 2.06 bits per heavy atom. The van der Waals surface area contributed by atoms with Gasteiger partial charge in [-0.1, -0.05) is 27.7 Å². The van der Waals surface area contributed by atoms with Crippen molar-refractivity contribution in [2.45, 2.75) is 53.0 Å². The predicted molar refractivity (Wildman–Crippen MR) is 73.2 cm³/mol. The van der Waals surface area contributed by atoms with Crippen LogP contribution in [0.2, 0.25) is 0 Å². The maximum absolute atomic E-state index is 4.49. The zero-order chi connectivity index (χ0) is 12.8. The quantitative estimate of drug-likeness (QED) is 0.790. The topological polar surface area (TPSA) is 29.9 Å². The van der Waals surface area contributed by atoms with Crippen LogP contribution in [-0.2, 0) is 19.9 Å². The van der Waals surface area contributed by atoms with E-state index in [1.54, 1.807) is 0 Å². The molecule has 0 amide bonds. The maximum Gasteiger partial charge on any atom is 0.0624 e. The molecule has 98 valence electrons. The van der Waals surface area contributed by atoms with E-state index in [1.165, 1.54) is 17.8 Å². The summed E-state index contributed by atoms with van der Waals surface area (Å²) in [7, 11) is 2.05. The first-order valence-electron chi connectivity index (χ1n) is 6.78. The lowest BCUT2D eigenvalue weighted by Crippen LogP contribution is -2.25. The fourth-order valence-electron chi connectivity index (χ4n) is 2.01. The van der Waals surface area contributed by atoms with Crippen molar-refractivity contribution >= 4 is 0 Å². The molecular weight excluding hydrogens is 210 g/mol. The van der Waals surface area contributed by atoms with E-state index >= 15 is 0 Å². The van der Waals surface area contributed by atoms with E-state index in [9.17, 15) is 0 Å². The van der Waals surface area contributed by atoms with Gasteiger partial charge in [0, 0.05) is 18.8 Å². The van der Waals surface area contributed by atoms with E-state index in [1.807, 2.05) is 11.7 Å². The second kappa shape index (κ2) is 6.80. The summed E-state index contributed by atoms with van der Waals surface area (Å²) in [6, 6.07) is 2.83. The van der Waals surface area contributed by atoms with Gasteiger partial charge in [-0.3, -0.25) is 4.68 Å². The van der Waals surface area contributed by atoms with Gasteiger partial charge >= 0.3 is 0 Å². The Balaban J connectivity index is 2.39. The second-order valence-corrected chi connectivity index (χ2v) is 5.31. The normalized spacial score (nSPS) is 13.3. The van der Waals surface area contributed by atoms with Gasteiger partial charge in [-0.15, -0.1) is 0 Å². The number of hydrogen-bond donors (Lipinski definition) is 1. The van der Waals surface area contributed by atoms with Crippen molar-refractivity contribution in [1.82, 2.24) is 15.1 Å². The molecule has 0 fully saturated rings. The lowest BCUT2D eigenvalue weighted by atomic mass is 10.0. The number of hydrogen-bond acceptors (Lipinski definition) is 2. The molecule has 1 N–H and O–H groups in total. The van der Waals surface area contributed by atoms with Gasteiger partial charge in [0.2, 0.25) is 0 Å². The summed E-state index contributed by atoms with van der Waals surface area (Å²) in [5.74, 6) is 0.710. The van der Waals surface area contributed by atoms with Crippen LogP contribution in [-0.4, -0.2) is 22.4 Å². The second-order valence-electron chi connectivity index (χ2n) is 5.31. The molecule has 1 aromatic rings. The fourth-order valence-corrected chi connectivity index (χ4v) is 2.01. The van der Waals surface area contributed by atoms with E-state index in [0.717, 1.165) is 19.4 Å². The van der Waals surface area contributed by atoms with Crippen molar-refractivity contribution in [3.63, 3.8) is 0 Å². The summed E-state index contributed by atoms with van der Waals surface area (Å²) < 4.78 is 2.03. The molecule has 0 spiro atoms. The van der Waals surface area contributed by atoms with Crippen molar-refractivity contribution in [3.8, 4) is 0 Å². The van der Waals surface area contributed by atoms with E-state index in [4.69, 9.17) is 0 Å². The molecule has 17 heavy (non-hydrogen) atoms. The van der Waals surface area contributed by atoms with Gasteiger partial charge in [0.05, 0.1) is 5.69 Å². The SMILES string of the molecule is CCc1cc(CC(C)CCNC(C)C)n(C)n1. The van der Waals surface area contributed by atoms with Crippen LogP contribution in [0.25, 0.3) is 0 Å². The highest BCUT2D eigenvalue weighted by Crippen LogP contribution is 2.12. The Labute approximate surface area is 106 Å². The third-order valence-corrected chi connectivity index (χ3v) is 3.14. The summed E-state index contributed by atoms with van der Waals surface area (Å²) in [6.45, 7) is 9.97. The minimum Gasteiger partial charge on any atom is -0.315 e. The van der Waals surface area contributed by atoms with Crippen molar-refractivity contribution in [2.75, 3.05) is 6.54 Å². The van der Waals surface area contributed by atoms with Crippen LogP contribution < -0.4 is 5.32 Å². The minimum atomic E-state index is 0.589. The smallest absolute Gasteiger partial charge is 0.0624 e. The van der Waals surface area contributed by atoms with Crippen LogP contribution in [0.1, 0.15) is 45.5 Å². The number of rotatable bonds is 7. The molecule has 0 aliphatic heterocycles. The van der Waals surface area contributed by atoms with Gasteiger partial charge < -0.3 is 5.32 Å². The number of nitrogens with zero attached hydrogens (tertiary/aromatic N) is 2. The average molecular weight is 237 g/mol. The van der Waals surface area contributed by atoms with Gasteiger partial charge in [-0.2, -0.15) is 5.10 Å². The molecule has 0 saturated carbocycles. The largest absolute Gasteiger partial charge is 0.315 e. The highest BCUT2D eigenvalue weighted by molar-refractivity contribution is 5.10. The number of aromatic nitrogens is 2. The molecule has 0 bridgehead atoms. The molecule has 1 aromatic heterocycles. The Kier molecular flexibility index (Phi) is 5.69. The molecular formula is C14H27N3.